The van der Waals surface area contributed by atoms with Gasteiger partial charge in [0.25, 0.3) is 0 Å². The van der Waals surface area contributed by atoms with Gasteiger partial charge in [-0.3, -0.25) is 0 Å². The van der Waals surface area contributed by atoms with Crippen molar-refractivity contribution in [2.45, 2.75) is 6.54 Å². The molecule has 4 nitrogen and oxygen atoms in total. The predicted octanol–water partition coefficient (Wildman–Crippen LogP) is 3.49. The van der Waals surface area contributed by atoms with Crippen LogP contribution in [0.3, 0.4) is 0 Å². The van der Waals surface area contributed by atoms with Gasteiger partial charge in [0, 0.05) is 4.47 Å². The number of anilines is 1. The van der Waals surface area contributed by atoms with Crippen molar-refractivity contribution < 1.29 is 18.7 Å². The lowest BCUT2D eigenvalue weighted by Crippen LogP contribution is -2.00. The smallest absolute Gasteiger partial charge is 0.338 e. The molecule has 0 fully saturated rings. The normalized spacial score (nSPS) is 10.3. The van der Waals surface area contributed by atoms with Gasteiger partial charge in [-0.05, 0) is 24.3 Å². The van der Waals surface area contributed by atoms with E-state index in [2.05, 4.69) is 21.2 Å². The number of aromatic carboxylic acids is 1. The summed E-state index contributed by atoms with van der Waals surface area (Å²) in [4.78, 5) is 10.6. The molecule has 0 amide bonds. The van der Waals surface area contributed by atoms with Crippen LogP contribution < -0.4 is 5.32 Å². The molecule has 0 saturated heterocycles. The Morgan fingerprint density at radius 3 is 2.89 bits per heavy atom. The fraction of sp³-hybridized carbons (Fsp3) is 0.0833. The second kappa shape index (κ2) is 5.22. The zero-order valence-electron chi connectivity index (χ0n) is 9.11. The molecule has 1 heterocycles. The number of benzene rings is 1. The van der Waals surface area contributed by atoms with Gasteiger partial charge < -0.3 is 14.8 Å². The molecule has 0 aliphatic carbocycles. The molecule has 0 unspecified atom stereocenters. The largest absolute Gasteiger partial charge is 0.478 e. The van der Waals surface area contributed by atoms with Crippen LogP contribution >= 0.6 is 15.9 Å². The van der Waals surface area contributed by atoms with E-state index < -0.39 is 5.97 Å². The van der Waals surface area contributed by atoms with E-state index in [0.29, 0.717) is 11.4 Å². The molecule has 94 valence electrons. The van der Waals surface area contributed by atoms with E-state index in [1.54, 1.807) is 12.1 Å². The van der Waals surface area contributed by atoms with E-state index in [0.717, 1.165) is 10.7 Å². The van der Waals surface area contributed by atoms with E-state index >= 15 is 0 Å². The van der Waals surface area contributed by atoms with Gasteiger partial charge in [-0.25, -0.2) is 9.18 Å². The van der Waals surface area contributed by atoms with Gasteiger partial charge in [0.05, 0.1) is 17.8 Å². The van der Waals surface area contributed by atoms with Gasteiger partial charge in [-0.1, -0.05) is 15.9 Å². The first-order chi connectivity index (χ1) is 8.56. The van der Waals surface area contributed by atoms with Crippen molar-refractivity contribution in [2.75, 3.05) is 5.32 Å². The monoisotopic (exact) mass is 313 g/mol. The van der Waals surface area contributed by atoms with E-state index in [4.69, 9.17) is 9.52 Å². The number of carbonyl (C=O) groups is 1. The minimum Gasteiger partial charge on any atom is -0.478 e. The Balaban J connectivity index is 2.06. The summed E-state index contributed by atoms with van der Waals surface area (Å²) < 4.78 is 19.2. The van der Waals surface area contributed by atoms with E-state index in [-0.39, 0.29) is 17.9 Å². The molecule has 1 aromatic carbocycles. The van der Waals surface area contributed by atoms with E-state index in [9.17, 15) is 9.18 Å². The molecule has 1 aromatic heterocycles. The minimum atomic E-state index is -1.06. The summed E-state index contributed by atoms with van der Waals surface area (Å²) in [6, 6.07) is 5.91. The van der Waals surface area contributed by atoms with Crippen molar-refractivity contribution >= 4 is 27.6 Å². The number of carboxylic acids is 1. The van der Waals surface area contributed by atoms with Gasteiger partial charge in [0.15, 0.2) is 0 Å². The summed E-state index contributed by atoms with van der Waals surface area (Å²) in [5.74, 6) is -1.02. The highest BCUT2D eigenvalue weighted by Gasteiger charge is 2.09. The maximum atomic E-state index is 13.4. The first-order valence-corrected chi connectivity index (χ1v) is 5.85. The Bertz CT molecular complexity index is 582. The van der Waals surface area contributed by atoms with Crippen LogP contribution in [0, 0.1) is 5.82 Å². The molecule has 2 rings (SSSR count). The Hall–Kier alpha value is -1.82. The average Bonchev–Trinajstić information content (AvgIpc) is 2.79. The average molecular weight is 314 g/mol. The third kappa shape index (κ3) is 2.89. The lowest BCUT2D eigenvalue weighted by Gasteiger charge is -2.05. The summed E-state index contributed by atoms with van der Waals surface area (Å²) >= 11 is 3.24. The second-order valence-electron chi connectivity index (χ2n) is 3.58. The minimum absolute atomic E-state index is 0.0708. The fourth-order valence-electron chi connectivity index (χ4n) is 1.40. The molecule has 0 spiro atoms. The number of furan rings is 1. The maximum Gasteiger partial charge on any atom is 0.338 e. The van der Waals surface area contributed by atoms with Crippen LogP contribution in [-0.2, 0) is 6.54 Å². The van der Waals surface area contributed by atoms with Gasteiger partial charge in [-0.15, -0.1) is 0 Å². The molecule has 2 N–H and O–H groups in total. The molecule has 0 aliphatic heterocycles. The lowest BCUT2D eigenvalue weighted by molar-refractivity contribution is 0.0696. The highest BCUT2D eigenvalue weighted by Crippen LogP contribution is 2.21. The number of halogens is 2. The molecule has 0 bridgehead atoms. The van der Waals surface area contributed by atoms with Crippen molar-refractivity contribution in [2.24, 2.45) is 0 Å². The quantitative estimate of drug-likeness (QED) is 0.907. The Kier molecular flexibility index (Phi) is 3.66. The van der Waals surface area contributed by atoms with Gasteiger partial charge >= 0.3 is 5.97 Å². The van der Waals surface area contributed by atoms with Crippen molar-refractivity contribution in [3.05, 3.63) is 52.1 Å². The summed E-state index contributed by atoms with van der Waals surface area (Å²) in [6.45, 7) is 0.209. The lowest BCUT2D eigenvalue weighted by atomic mass is 10.3. The van der Waals surface area contributed by atoms with Crippen LogP contribution in [0.5, 0.6) is 0 Å². The van der Waals surface area contributed by atoms with Gasteiger partial charge in [0.2, 0.25) is 0 Å². The molecule has 0 saturated carbocycles. The zero-order valence-corrected chi connectivity index (χ0v) is 10.7. The highest BCUT2D eigenvalue weighted by atomic mass is 79.9. The standard InChI is InChI=1S/C12H9BrFNO3/c13-8-1-2-10(14)11(4-8)15-5-9-3-7(6-18-9)12(16)17/h1-4,6,15H,5H2,(H,16,17). The molecule has 6 heteroatoms. The first-order valence-electron chi connectivity index (χ1n) is 5.06. The van der Waals surface area contributed by atoms with E-state index in [1.165, 1.54) is 12.1 Å². The second-order valence-corrected chi connectivity index (χ2v) is 4.50. The van der Waals surface area contributed by atoms with Crippen molar-refractivity contribution in [1.82, 2.24) is 0 Å². The molecule has 0 atom stereocenters. The van der Waals surface area contributed by atoms with E-state index in [1.807, 2.05) is 0 Å². The summed E-state index contributed by atoms with van der Waals surface area (Å²) in [6.07, 6.45) is 1.15. The molecular weight excluding hydrogens is 305 g/mol. The SMILES string of the molecule is O=C(O)c1coc(CNc2cc(Br)ccc2F)c1. The van der Waals surface area contributed by atoms with Gasteiger partial charge in [0.1, 0.15) is 17.8 Å². The molecule has 0 aliphatic rings. The van der Waals surface area contributed by atoms with Crippen molar-refractivity contribution in [1.29, 1.82) is 0 Å². The number of rotatable bonds is 4. The van der Waals surface area contributed by atoms with Crippen LogP contribution in [0.4, 0.5) is 10.1 Å². The Morgan fingerprint density at radius 1 is 1.44 bits per heavy atom. The number of carboxylic acid groups (broad SMARTS) is 1. The van der Waals surface area contributed by atoms with Crippen LogP contribution in [0.15, 0.2) is 39.4 Å². The van der Waals surface area contributed by atoms with Crippen LogP contribution in [-0.4, -0.2) is 11.1 Å². The van der Waals surface area contributed by atoms with Crippen LogP contribution in [0.2, 0.25) is 0 Å². The molecule has 0 radical (unpaired) electrons. The summed E-state index contributed by atoms with van der Waals surface area (Å²) in [5, 5.41) is 11.5. The topological polar surface area (TPSA) is 62.5 Å². The first kappa shape index (κ1) is 12.6. The maximum absolute atomic E-state index is 13.4. The molecule has 2 aromatic rings. The van der Waals surface area contributed by atoms with Gasteiger partial charge in [-0.2, -0.15) is 0 Å². The molecular formula is C12H9BrFNO3. The zero-order chi connectivity index (χ0) is 13.1. The van der Waals surface area contributed by atoms with Crippen LogP contribution in [0.1, 0.15) is 16.1 Å². The number of nitrogens with one attached hydrogen (secondary N) is 1. The third-order valence-corrected chi connectivity index (χ3v) is 2.78. The van der Waals surface area contributed by atoms with Crippen LogP contribution in [0.25, 0.3) is 0 Å². The number of hydrogen-bond acceptors (Lipinski definition) is 3. The predicted molar refractivity (Wildman–Crippen MR) is 67.1 cm³/mol. The number of hydrogen-bond donors (Lipinski definition) is 2. The highest BCUT2D eigenvalue weighted by molar-refractivity contribution is 9.10. The third-order valence-electron chi connectivity index (χ3n) is 2.28. The Labute approximate surface area is 111 Å². The Morgan fingerprint density at radius 2 is 2.22 bits per heavy atom. The fourth-order valence-corrected chi connectivity index (χ4v) is 1.76. The summed E-state index contributed by atoms with van der Waals surface area (Å²) in [7, 11) is 0. The van der Waals surface area contributed by atoms with Crippen molar-refractivity contribution in [3.8, 4) is 0 Å². The summed E-state index contributed by atoms with van der Waals surface area (Å²) in [5.41, 5.74) is 0.388. The van der Waals surface area contributed by atoms with Crippen molar-refractivity contribution in [3.63, 3.8) is 0 Å². The molecule has 18 heavy (non-hydrogen) atoms.